The lowest BCUT2D eigenvalue weighted by Gasteiger charge is -2.30. The molecule has 1 atom stereocenters. The first-order chi connectivity index (χ1) is 9.70. The fraction of sp³-hybridized carbons (Fsp3) is 0.462. The van der Waals surface area contributed by atoms with Crippen LogP contribution in [0, 0.1) is 6.92 Å². The van der Waals surface area contributed by atoms with Crippen molar-refractivity contribution in [3.8, 4) is 0 Å². The quantitative estimate of drug-likeness (QED) is 0.812. The standard InChI is InChI=1S/C13H18ClN3O3S/c1-8-5-10(6-11(15)13(8)14)21(19,20)16-9-3-4-12(18)17(2)7-9/h5-6,9,16H,3-4,7,15H2,1-2H3. The number of piperidine rings is 1. The van der Waals surface area contributed by atoms with Gasteiger partial charge in [0.2, 0.25) is 15.9 Å². The number of rotatable bonds is 3. The summed E-state index contributed by atoms with van der Waals surface area (Å²) in [6, 6.07) is 2.53. The first-order valence-corrected chi connectivity index (χ1v) is 8.38. The molecule has 6 nitrogen and oxygen atoms in total. The molecule has 0 aliphatic carbocycles. The molecule has 0 spiro atoms. The Morgan fingerprint density at radius 3 is 2.67 bits per heavy atom. The van der Waals surface area contributed by atoms with E-state index in [2.05, 4.69) is 4.72 Å². The van der Waals surface area contributed by atoms with Gasteiger partial charge in [-0.1, -0.05) is 11.6 Å². The molecule has 0 aromatic heterocycles. The second-order valence-corrected chi connectivity index (χ2v) is 7.37. The summed E-state index contributed by atoms with van der Waals surface area (Å²) in [6.07, 6.45) is 0.829. The molecular formula is C13H18ClN3O3S. The molecule has 1 fully saturated rings. The number of anilines is 1. The number of carbonyl (C=O) groups is 1. The highest BCUT2D eigenvalue weighted by molar-refractivity contribution is 7.89. The molecule has 1 aliphatic rings. The van der Waals surface area contributed by atoms with Crippen LogP contribution in [0.4, 0.5) is 5.69 Å². The molecule has 8 heteroatoms. The van der Waals surface area contributed by atoms with E-state index in [0.717, 1.165) is 0 Å². The summed E-state index contributed by atoms with van der Waals surface area (Å²) in [5.41, 5.74) is 6.55. The van der Waals surface area contributed by atoms with E-state index >= 15 is 0 Å². The monoisotopic (exact) mass is 331 g/mol. The van der Waals surface area contributed by atoms with Gasteiger partial charge in [0.1, 0.15) is 0 Å². The Morgan fingerprint density at radius 2 is 2.10 bits per heavy atom. The van der Waals surface area contributed by atoms with Crippen molar-refractivity contribution in [3.05, 3.63) is 22.7 Å². The van der Waals surface area contributed by atoms with Crippen LogP contribution in [-0.2, 0) is 14.8 Å². The van der Waals surface area contributed by atoms with Crippen LogP contribution >= 0.6 is 11.6 Å². The highest BCUT2D eigenvalue weighted by Crippen LogP contribution is 2.27. The normalized spacial score (nSPS) is 19.9. The number of carbonyl (C=O) groups excluding carboxylic acids is 1. The van der Waals surface area contributed by atoms with Crippen molar-refractivity contribution >= 4 is 33.2 Å². The Hall–Kier alpha value is -1.31. The van der Waals surface area contributed by atoms with Crippen LogP contribution in [0.5, 0.6) is 0 Å². The minimum Gasteiger partial charge on any atom is -0.397 e. The summed E-state index contributed by atoms with van der Waals surface area (Å²) >= 11 is 5.94. The number of halogens is 1. The van der Waals surface area contributed by atoms with Crippen molar-refractivity contribution in [2.24, 2.45) is 0 Å². The largest absolute Gasteiger partial charge is 0.397 e. The number of sulfonamides is 1. The summed E-state index contributed by atoms with van der Waals surface area (Å²) in [7, 11) is -2.03. The van der Waals surface area contributed by atoms with Crippen LogP contribution in [0.3, 0.4) is 0 Å². The molecule has 21 heavy (non-hydrogen) atoms. The van der Waals surface area contributed by atoms with Gasteiger partial charge in [-0.2, -0.15) is 0 Å². The van der Waals surface area contributed by atoms with E-state index < -0.39 is 10.0 Å². The van der Waals surface area contributed by atoms with Crippen LogP contribution in [0.15, 0.2) is 17.0 Å². The molecule has 1 aromatic carbocycles. The number of nitrogen functional groups attached to an aromatic ring is 1. The third kappa shape index (κ3) is 3.48. The number of nitrogens with zero attached hydrogens (tertiary/aromatic N) is 1. The van der Waals surface area contributed by atoms with Crippen molar-refractivity contribution in [1.29, 1.82) is 0 Å². The highest BCUT2D eigenvalue weighted by atomic mass is 35.5. The summed E-state index contributed by atoms with van der Waals surface area (Å²) in [6.45, 7) is 2.06. The zero-order valence-electron chi connectivity index (χ0n) is 11.9. The van der Waals surface area contributed by atoms with Gasteiger partial charge in [0.15, 0.2) is 0 Å². The number of amides is 1. The molecule has 3 N–H and O–H groups in total. The molecule has 0 bridgehead atoms. The average Bonchev–Trinajstić information content (AvgIpc) is 2.39. The first-order valence-electron chi connectivity index (χ1n) is 6.52. The number of nitrogens with two attached hydrogens (primary N) is 1. The number of aryl methyl sites for hydroxylation is 1. The van der Waals surface area contributed by atoms with Crippen LogP contribution in [0.2, 0.25) is 5.02 Å². The molecule has 1 amide bonds. The summed E-state index contributed by atoms with van der Waals surface area (Å²) < 4.78 is 27.4. The predicted octanol–water partition coefficient (Wildman–Crippen LogP) is 1.13. The molecule has 1 aliphatic heterocycles. The maximum absolute atomic E-state index is 12.4. The Labute approximate surface area is 129 Å². The molecule has 1 aromatic rings. The van der Waals surface area contributed by atoms with Gasteiger partial charge in [0, 0.05) is 26.1 Å². The first kappa shape index (κ1) is 16.1. The van der Waals surface area contributed by atoms with E-state index in [0.29, 0.717) is 30.0 Å². The minimum atomic E-state index is -3.69. The lowest BCUT2D eigenvalue weighted by Crippen LogP contribution is -2.48. The third-order valence-corrected chi connectivity index (χ3v) is 5.53. The van der Waals surface area contributed by atoms with Gasteiger partial charge >= 0.3 is 0 Å². The van der Waals surface area contributed by atoms with Crippen LogP contribution in [-0.4, -0.2) is 38.9 Å². The molecule has 116 valence electrons. The van der Waals surface area contributed by atoms with Gasteiger partial charge in [0.25, 0.3) is 0 Å². The third-order valence-electron chi connectivity index (χ3n) is 3.51. The maximum Gasteiger partial charge on any atom is 0.240 e. The van der Waals surface area contributed by atoms with E-state index in [9.17, 15) is 13.2 Å². The van der Waals surface area contributed by atoms with E-state index in [1.807, 2.05) is 0 Å². The fourth-order valence-corrected chi connectivity index (χ4v) is 3.80. The van der Waals surface area contributed by atoms with Crippen molar-refractivity contribution in [2.75, 3.05) is 19.3 Å². The fourth-order valence-electron chi connectivity index (χ4n) is 2.31. The molecule has 0 saturated carbocycles. The Balaban J connectivity index is 2.21. The molecular weight excluding hydrogens is 314 g/mol. The van der Waals surface area contributed by atoms with Gasteiger partial charge in [-0.25, -0.2) is 13.1 Å². The topological polar surface area (TPSA) is 92.5 Å². The number of nitrogens with one attached hydrogen (secondary N) is 1. The molecule has 1 heterocycles. The predicted molar refractivity (Wildman–Crippen MR) is 81.6 cm³/mol. The average molecular weight is 332 g/mol. The number of hydrogen-bond donors (Lipinski definition) is 2. The summed E-state index contributed by atoms with van der Waals surface area (Å²) in [5.74, 6) is 0.0250. The molecule has 2 rings (SSSR count). The number of likely N-dealkylation sites (tertiary alicyclic amines) is 1. The van der Waals surface area contributed by atoms with E-state index in [1.165, 1.54) is 17.0 Å². The van der Waals surface area contributed by atoms with Gasteiger partial charge in [0.05, 0.1) is 15.6 Å². The summed E-state index contributed by atoms with van der Waals surface area (Å²) in [4.78, 5) is 13.0. The van der Waals surface area contributed by atoms with Gasteiger partial charge in [-0.3, -0.25) is 4.79 Å². The van der Waals surface area contributed by atoms with Crippen LogP contribution in [0.25, 0.3) is 0 Å². The lowest BCUT2D eigenvalue weighted by molar-refractivity contribution is -0.132. The zero-order valence-corrected chi connectivity index (χ0v) is 13.5. The van der Waals surface area contributed by atoms with Gasteiger partial charge in [-0.15, -0.1) is 0 Å². The Morgan fingerprint density at radius 1 is 1.43 bits per heavy atom. The number of likely N-dealkylation sites (N-methyl/N-ethyl adjacent to an activating group) is 1. The lowest BCUT2D eigenvalue weighted by atomic mass is 10.1. The number of hydrogen-bond acceptors (Lipinski definition) is 4. The summed E-state index contributed by atoms with van der Waals surface area (Å²) in [5, 5.41) is 0.358. The van der Waals surface area contributed by atoms with Crippen molar-refractivity contribution in [3.63, 3.8) is 0 Å². The molecule has 1 saturated heterocycles. The Bertz CT molecular complexity index is 652. The highest BCUT2D eigenvalue weighted by Gasteiger charge is 2.27. The smallest absolute Gasteiger partial charge is 0.240 e. The van der Waals surface area contributed by atoms with E-state index in [-0.39, 0.29) is 22.5 Å². The molecule has 1 unspecified atom stereocenters. The van der Waals surface area contributed by atoms with E-state index in [1.54, 1.807) is 14.0 Å². The van der Waals surface area contributed by atoms with Crippen LogP contribution in [0.1, 0.15) is 18.4 Å². The van der Waals surface area contributed by atoms with Gasteiger partial charge in [-0.05, 0) is 31.0 Å². The Kier molecular flexibility index (Phi) is 4.46. The second kappa shape index (κ2) is 5.82. The van der Waals surface area contributed by atoms with Crippen molar-refractivity contribution in [2.45, 2.75) is 30.7 Å². The SMILES string of the molecule is Cc1cc(S(=O)(=O)NC2CCC(=O)N(C)C2)cc(N)c1Cl. The maximum atomic E-state index is 12.4. The van der Waals surface area contributed by atoms with Crippen LogP contribution < -0.4 is 10.5 Å². The van der Waals surface area contributed by atoms with Crippen molar-refractivity contribution < 1.29 is 13.2 Å². The number of benzene rings is 1. The van der Waals surface area contributed by atoms with Gasteiger partial charge < -0.3 is 10.6 Å². The zero-order chi connectivity index (χ0) is 15.8. The minimum absolute atomic E-state index is 0.0250. The molecule has 0 radical (unpaired) electrons. The van der Waals surface area contributed by atoms with Crippen molar-refractivity contribution in [1.82, 2.24) is 9.62 Å². The van der Waals surface area contributed by atoms with E-state index in [4.69, 9.17) is 17.3 Å². The second-order valence-electron chi connectivity index (χ2n) is 5.27.